The zero-order valence-electron chi connectivity index (χ0n) is 19.3. The van der Waals surface area contributed by atoms with Crippen LogP contribution in [0, 0.1) is 17.0 Å². The zero-order chi connectivity index (χ0) is 26.7. The Hall–Kier alpha value is -3.68. The SMILES string of the molecule is COc1cc(/C=C2\SC(=Nc3ccc(C)cc3)NC2=O)cc(Br)c1OS(=O)(=O)c1cccc([N+](=O)[O-])c1. The van der Waals surface area contributed by atoms with Gasteiger partial charge < -0.3 is 14.2 Å². The molecule has 1 fully saturated rings. The normalized spacial score (nSPS) is 15.6. The Kier molecular flexibility index (Phi) is 7.66. The van der Waals surface area contributed by atoms with Crippen LogP contribution in [-0.2, 0) is 14.9 Å². The number of nitro benzene ring substituents is 1. The summed E-state index contributed by atoms with van der Waals surface area (Å²) in [6.45, 7) is 1.97. The summed E-state index contributed by atoms with van der Waals surface area (Å²) in [7, 11) is -3.09. The summed E-state index contributed by atoms with van der Waals surface area (Å²) in [5.41, 5.74) is 1.93. The topological polar surface area (TPSA) is 137 Å². The van der Waals surface area contributed by atoms with Crippen LogP contribution in [0.5, 0.6) is 11.5 Å². The summed E-state index contributed by atoms with van der Waals surface area (Å²) in [4.78, 5) is 27.2. The number of thioether (sulfide) groups is 1. The van der Waals surface area contributed by atoms with Crippen LogP contribution in [0.1, 0.15) is 11.1 Å². The van der Waals surface area contributed by atoms with Crippen molar-refractivity contribution < 1.29 is 27.1 Å². The maximum Gasteiger partial charge on any atom is 0.339 e. The van der Waals surface area contributed by atoms with E-state index in [2.05, 4.69) is 26.2 Å². The predicted molar refractivity (Wildman–Crippen MR) is 144 cm³/mol. The van der Waals surface area contributed by atoms with Gasteiger partial charge in [-0.3, -0.25) is 14.9 Å². The first-order chi connectivity index (χ1) is 17.6. The average Bonchev–Trinajstić information content (AvgIpc) is 3.20. The number of carbonyl (C=O) groups is 1. The molecular formula is C24H18BrN3O7S2. The van der Waals surface area contributed by atoms with Crippen LogP contribution >= 0.6 is 27.7 Å². The monoisotopic (exact) mass is 603 g/mol. The van der Waals surface area contributed by atoms with Crippen molar-refractivity contribution in [1.82, 2.24) is 5.32 Å². The van der Waals surface area contributed by atoms with Gasteiger partial charge in [-0.1, -0.05) is 23.8 Å². The van der Waals surface area contributed by atoms with Crippen LogP contribution in [-0.4, -0.2) is 31.5 Å². The molecule has 0 bridgehead atoms. The number of methoxy groups -OCH3 is 1. The van der Waals surface area contributed by atoms with Crippen LogP contribution in [0.2, 0.25) is 0 Å². The standard InChI is InChI=1S/C24H18BrN3O7S2/c1-14-6-8-16(9-7-14)26-24-27-23(29)21(36-24)12-15-10-19(25)22(20(11-15)34-2)35-37(32,33)18-5-3-4-17(13-18)28(30)31/h3-13H,1-2H3,(H,26,27,29)/b21-12-. The first-order valence-electron chi connectivity index (χ1n) is 10.5. The molecule has 3 aromatic rings. The number of hydrogen-bond donors (Lipinski definition) is 1. The molecule has 10 nitrogen and oxygen atoms in total. The van der Waals surface area contributed by atoms with Crippen molar-refractivity contribution in [3.8, 4) is 11.5 Å². The number of nitro groups is 1. The van der Waals surface area contributed by atoms with E-state index in [-0.39, 0.29) is 26.8 Å². The number of amidine groups is 1. The number of nitrogens with zero attached hydrogens (tertiary/aromatic N) is 2. The van der Waals surface area contributed by atoms with Gasteiger partial charge in [-0.05, 0) is 76.6 Å². The first kappa shape index (κ1) is 26.4. The van der Waals surface area contributed by atoms with Crippen LogP contribution < -0.4 is 14.2 Å². The molecular weight excluding hydrogens is 586 g/mol. The molecule has 0 radical (unpaired) electrons. The number of amides is 1. The van der Waals surface area contributed by atoms with Crippen molar-refractivity contribution in [2.24, 2.45) is 4.99 Å². The predicted octanol–water partition coefficient (Wildman–Crippen LogP) is 5.33. The third-order valence-electron chi connectivity index (χ3n) is 4.98. The van der Waals surface area contributed by atoms with E-state index in [4.69, 9.17) is 8.92 Å². The Morgan fingerprint density at radius 2 is 1.86 bits per heavy atom. The molecule has 1 saturated heterocycles. The smallest absolute Gasteiger partial charge is 0.339 e. The second kappa shape index (κ2) is 10.7. The van der Waals surface area contributed by atoms with E-state index in [1.54, 1.807) is 12.1 Å². The van der Waals surface area contributed by atoms with Gasteiger partial charge in [0.1, 0.15) is 4.90 Å². The fraction of sp³-hybridized carbons (Fsp3) is 0.0833. The van der Waals surface area contributed by atoms with Gasteiger partial charge in [-0.15, -0.1) is 0 Å². The van der Waals surface area contributed by atoms with Gasteiger partial charge in [0.25, 0.3) is 11.6 Å². The van der Waals surface area contributed by atoms with Gasteiger partial charge in [0.2, 0.25) is 0 Å². The summed E-state index contributed by atoms with van der Waals surface area (Å²) >= 11 is 4.45. The number of aliphatic imine (C=N–C) groups is 1. The molecule has 3 aromatic carbocycles. The van der Waals surface area contributed by atoms with E-state index in [1.165, 1.54) is 31.4 Å². The lowest BCUT2D eigenvalue weighted by Gasteiger charge is -2.13. The lowest BCUT2D eigenvalue weighted by atomic mass is 10.2. The molecule has 1 amide bonds. The minimum atomic E-state index is -4.42. The highest BCUT2D eigenvalue weighted by Gasteiger charge is 2.26. The first-order valence-corrected chi connectivity index (χ1v) is 13.5. The summed E-state index contributed by atoms with van der Waals surface area (Å²) in [6, 6.07) is 15.1. The zero-order valence-corrected chi connectivity index (χ0v) is 22.5. The van der Waals surface area contributed by atoms with Gasteiger partial charge in [0.15, 0.2) is 16.7 Å². The van der Waals surface area contributed by atoms with E-state index in [0.29, 0.717) is 21.3 Å². The highest BCUT2D eigenvalue weighted by molar-refractivity contribution is 9.10. The minimum Gasteiger partial charge on any atom is -0.493 e. The highest BCUT2D eigenvalue weighted by atomic mass is 79.9. The Labute approximate surface area is 224 Å². The summed E-state index contributed by atoms with van der Waals surface area (Å²) in [6.07, 6.45) is 1.60. The van der Waals surface area contributed by atoms with Gasteiger partial charge in [-0.2, -0.15) is 8.42 Å². The fourth-order valence-corrected chi connectivity index (χ4v) is 5.67. The molecule has 0 spiro atoms. The maximum absolute atomic E-state index is 12.8. The number of aryl methyl sites for hydroxylation is 1. The van der Waals surface area contributed by atoms with Crippen LogP contribution in [0.25, 0.3) is 6.08 Å². The summed E-state index contributed by atoms with van der Waals surface area (Å²) in [5, 5.41) is 14.2. The molecule has 1 aliphatic heterocycles. The van der Waals surface area contributed by atoms with Crippen molar-refractivity contribution in [3.05, 3.63) is 91.3 Å². The molecule has 0 saturated carbocycles. The van der Waals surface area contributed by atoms with Crippen molar-refractivity contribution in [2.75, 3.05) is 7.11 Å². The van der Waals surface area contributed by atoms with Gasteiger partial charge in [0, 0.05) is 12.1 Å². The molecule has 190 valence electrons. The van der Waals surface area contributed by atoms with Crippen molar-refractivity contribution in [2.45, 2.75) is 11.8 Å². The van der Waals surface area contributed by atoms with Gasteiger partial charge in [0.05, 0.1) is 27.1 Å². The number of nitrogens with one attached hydrogen (secondary N) is 1. The Morgan fingerprint density at radius 1 is 1.14 bits per heavy atom. The average molecular weight is 604 g/mol. The molecule has 1 aliphatic rings. The molecule has 1 heterocycles. The third-order valence-corrected chi connectivity index (χ3v) is 7.69. The quantitative estimate of drug-likeness (QED) is 0.165. The van der Waals surface area contributed by atoms with Gasteiger partial charge in [-0.25, -0.2) is 4.99 Å². The molecule has 0 aromatic heterocycles. The molecule has 4 rings (SSSR count). The number of rotatable bonds is 7. The Morgan fingerprint density at radius 3 is 2.54 bits per heavy atom. The molecule has 37 heavy (non-hydrogen) atoms. The van der Waals surface area contributed by atoms with Crippen LogP contribution in [0.15, 0.2) is 79.9 Å². The van der Waals surface area contributed by atoms with Gasteiger partial charge >= 0.3 is 10.1 Å². The third kappa shape index (κ3) is 6.18. The van der Waals surface area contributed by atoms with Crippen molar-refractivity contribution in [3.63, 3.8) is 0 Å². The highest BCUT2D eigenvalue weighted by Crippen LogP contribution is 2.40. The molecule has 1 N–H and O–H groups in total. The maximum atomic E-state index is 12.8. The number of hydrogen-bond acceptors (Lipinski definition) is 9. The molecule has 0 unspecified atom stereocenters. The number of carbonyl (C=O) groups excluding carboxylic acids is 1. The lowest BCUT2D eigenvalue weighted by Crippen LogP contribution is -2.19. The van der Waals surface area contributed by atoms with E-state index < -0.39 is 20.7 Å². The fourth-order valence-electron chi connectivity index (χ4n) is 3.18. The number of benzene rings is 3. The van der Waals surface area contributed by atoms with E-state index in [0.717, 1.165) is 23.4 Å². The van der Waals surface area contributed by atoms with Crippen LogP contribution in [0.4, 0.5) is 11.4 Å². The number of halogens is 1. The second-order valence-corrected chi connectivity index (χ2v) is 11.1. The Bertz CT molecular complexity index is 1570. The number of non-ortho nitro benzene ring substituents is 1. The Balaban J connectivity index is 1.61. The van der Waals surface area contributed by atoms with E-state index in [1.807, 2.05) is 31.2 Å². The van der Waals surface area contributed by atoms with E-state index in [9.17, 15) is 23.3 Å². The second-order valence-electron chi connectivity index (χ2n) is 7.64. The molecule has 0 atom stereocenters. The molecule has 13 heteroatoms. The van der Waals surface area contributed by atoms with Crippen molar-refractivity contribution in [1.29, 1.82) is 0 Å². The summed E-state index contributed by atoms with van der Waals surface area (Å²) in [5.74, 6) is -0.423. The number of ether oxygens (including phenoxy) is 1. The van der Waals surface area contributed by atoms with E-state index >= 15 is 0 Å². The summed E-state index contributed by atoms with van der Waals surface area (Å²) < 4.78 is 36.4. The largest absolute Gasteiger partial charge is 0.493 e. The van der Waals surface area contributed by atoms with Crippen LogP contribution in [0.3, 0.4) is 0 Å². The van der Waals surface area contributed by atoms with Crippen molar-refractivity contribution >= 4 is 66.3 Å². The molecule has 0 aliphatic carbocycles. The minimum absolute atomic E-state index is 0.0622. The lowest BCUT2D eigenvalue weighted by molar-refractivity contribution is -0.385.